The van der Waals surface area contributed by atoms with Crippen LogP contribution in [0.2, 0.25) is 0 Å². The summed E-state index contributed by atoms with van der Waals surface area (Å²) in [7, 11) is 0. The molecule has 58 heavy (non-hydrogen) atoms. The standard InChI is InChI=1S/C56H42N2/c1-5-52(42-32-33-45-39-21-10-9-20-38(39)43-23-17-24-44(42)53(43)45)57-58-54(36-18-7-6-8-19-36)35(2)37-30-31-41-40-22-11-12-25-46(40)56(51(41)34-37)49-28-15-13-26-47(49)55(3,4)48-27-14-16-29-50(48)56/h5-34,52H,1H2,2-4H3/b54-35+,58-57-. The lowest BCUT2D eigenvalue weighted by atomic mass is 9.55. The minimum absolute atomic E-state index is 0.152. The lowest BCUT2D eigenvalue weighted by molar-refractivity contribution is 0.563. The third kappa shape index (κ3) is 4.66. The minimum atomic E-state index is -0.470. The molecule has 0 aromatic heterocycles. The Balaban J connectivity index is 1.10. The Bertz CT molecular complexity index is 2990. The molecule has 3 aliphatic carbocycles. The van der Waals surface area contributed by atoms with Crippen LogP contribution in [0.3, 0.4) is 0 Å². The normalized spacial score (nSPS) is 15.6. The van der Waals surface area contributed by atoms with Crippen LogP contribution in [0.25, 0.3) is 55.4 Å². The predicted octanol–water partition coefficient (Wildman–Crippen LogP) is 14.8. The first-order valence-electron chi connectivity index (χ1n) is 20.3. The molecule has 1 spiro atoms. The van der Waals surface area contributed by atoms with Crippen LogP contribution in [-0.4, -0.2) is 0 Å². The molecule has 8 aromatic carbocycles. The van der Waals surface area contributed by atoms with E-state index >= 15 is 0 Å². The van der Waals surface area contributed by atoms with E-state index in [2.05, 4.69) is 203 Å². The molecule has 0 saturated heterocycles. The average molecular weight is 743 g/mol. The van der Waals surface area contributed by atoms with Crippen LogP contribution >= 0.6 is 0 Å². The Morgan fingerprint density at radius 3 is 1.71 bits per heavy atom. The molecule has 0 heterocycles. The van der Waals surface area contributed by atoms with E-state index in [4.69, 9.17) is 10.2 Å². The Morgan fingerprint density at radius 2 is 1.03 bits per heavy atom. The van der Waals surface area contributed by atoms with Crippen molar-refractivity contribution in [3.63, 3.8) is 0 Å². The van der Waals surface area contributed by atoms with Crippen LogP contribution in [0.4, 0.5) is 0 Å². The first-order chi connectivity index (χ1) is 28.4. The van der Waals surface area contributed by atoms with Crippen LogP contribution in [0, 0.1) is 0 Å². The van der Waals surface area contributed by atoms with E-state index in [1.54, 1.807) is 0 Å². The molecule has 0 saturated carbocycles. The molecule has 0 bridgehead atoms. The summed E-state index contributed by atoms with van der Waals surface area (Å²) in [4.78, 5) is 0. The highest BCUT2D eigenvalue weighted by molar-refractivity contribution is 6.16. The van der Waals surface area contributed by atoms with Gasteiger partial charge in [0.1, 0.15) is 6.04 Å². The van der Waals surface area contributed by atoms with Gasteiger partial charge in [0.15, 0.2) is 0 Å². The van der Waals surface area contributed by atoms with Crippen molar-refractivity contribution in [3.05, 3.63) is 239 Å². The van der Waals surface area contributed by atoms with Gasteiger partial charge in [0.05, 0.1) is 11.1 Å². The quantitative estimate of drug-likeness (QED) is 0.0921. The van der Waals surface area contributed by atoms with Gasteiger partial charge in [-0.15, -0.1) is 6.58 Å². The number of nitrogens with zero attached hydrogens (tertiary/aromatic N) is 2. The van der Waals surface area contributed by atoms with Gasteiger partial charge in [0.2, 0.25) is 0 Å². The molecule has 0 amide bonds. The van der Waals surface area contributed by atoms with Crippen molar-refractivity contribution in [1.82, 2.24) is 0 Å². The lowest BCUT2D eigenvalue weighted by Crippen LogP contribution is -2.40. The number of allylic oxidation sites excluding steroid dienone is 1. The SMILES string of the molecule is C=CC(/N=N\C(=C(/C)c1ccc2c(c1)C1(c3ccccc3-2)c2ccccc2C(C)(C)c2ccccc21)c1ccccc1)c1ccc2c3c(cccc13)-c1ccccc1-2. The van der Waals surface area contributed by atoms with Crippen molar-refractivity contribution in [3.8, 4) is 33.4 Å². The van der Waals surface area contributed by atoms with Crippen molar-refractivity contribution in [2.45, 2.75) is 37.6 Å². The molecular formula is C56H42N2. The number of benzene rings is 8. The van der Waals surface area contributed by atoms with Crippen molar-refractivity contribution in [1.29, 1.82) is 0 Å². The zero-order chi connectivity index (χ0) is 39.2. The molecule has 8 aromatic rings. The molecule has 0 fully saturated rings. The monoisotopic (exact) mass is 742 g/mol. The van der Waals surface area contributed by atoms with Crippen molar-refractivity contribution < 1.29 is 0 Å². The second-order valence-corrected chi connectivity index (χ2v) is 16.5. The van der Waals surface area contributed by atoms with E-state index in [0.717, 1.165) is 28.0 Å². The van der Waals surface area contributed by atoms with Gasteiger partial charge in [-0.2, -0.15) is 10.2 Å². The molecule has 2 heteroatoms. The number of hydrogen-bond donors (Lipinski definition) is 0. The van der Waals surface area contributed by atoms with Crippen molar-refractivity contribution in [2.24, 2.45) is 10.2 Å². The predicted molar refractivity (Wildman–Crippen MR) is 241 cm³/mol. The van der Waals surface area contributed by atoms with E-state index in [1.807, 2.05) is 6.08 Å². The molecule has 0 N–H and O–H groups in total. The summed E-state index contributed by atoms with van der Waals surface area (Å²) >= 11 is 0. The van der Waals surface area contributed by atoms with Gasteiger partial charge in [-0.3, -0.25) is 0 Å². The van der Waals surface area contributed by atoms with Crippen LogP contribution in [0.1, 0.15) is 76.9 Å². The second kappa shape index (κ2) is 12.8. The molecule has 1 atom stereocenters. The highest BCUT2D eigenvalue weighted by Crippen LogP contribution is 2.62. The number of hydrogen-bond acceptors (Lipinski definition) is 2. The van der Waals surface area contributed by atoms with Gasteiger partial charge in [0, 0.05) is 11.0 Å². The largest absolute Gasteiger partial charge is 0.176 e. The van der Waals surface area contributed by atoms with Gasteiger partial charge >= 0.3 is 0 Å². The van der Waals surface area contributed by atoms with Crippen LogP contribution < -0.4 is 0 Å². The molecule has 276 valence electrons. The van der Waals surface area contributed by atoms with Crippen LogP contribution in [0.15, 0.2) is 199 Å². The Labute approximate surface area is 340 Å². The van der Waals surface area contributed by atoms with Crippen molar-refractivity contribution in [2.75, 3.05) is 0 Å². The fourth-order valence-corrected chi connectivity index (χ4v) is 10.6. The summed E-state index contributed by atoms with van der Waals surface area (Å²) in [5.41, 5.74) is 20.3. The maximum absolute atomic E-state index is 5.19. The number of azo groups is 1. The van der Waals surface area contributed by atoms with E-state index in [9.17, 15) is 0 Å². The summed E-state index contributed by atoms with van der Waals surface area (Å²) in [6, 6.07) is 64.2. The number of fused-ring (bicyclic) bond motifs is 12. The third-order valence-corrected chi connectivity index (χ3v) is 13.3. The molecule has 0 radical (unpaired) electrons. The maximum atomic E-state index is 5.19. The fourth-order valence-electron chi connectivity index (χ4n) is 10.6. The smallest absolute Gasteiger partial charge is 0.115 e. The first kappa shape index (κ1) is 34.4. The highest BCUT2D eigenvalue weighted by Gasteiger charge is 2.53. The molecule has 1 unspecified atom stereocenters. The van der Waals surface area contributed by atoms with E-state index in [-0.39, 0.29) is 11.5 Å². The summed E-state index contributed by atoms with van der Waals surface area (Å²) in [5.74, 6) is 0. The molecule has 3 aliphatic rings. The van der Waals surface area contributed by atoms with Crippen molar-refractivity contribution >= 4 is 22.0 Å². The van der Waals surface area contributed by atoms with Gasteiger partial charge in [0.25, 0.3) is 0 Å². The van der Waals surface area contributed by atoms with E-state index in [1.165, 1.54) is 77.5 Å². The Hall–Kier alpha value is -6.90. The second-order valence-electron chi connectivity index (χ2n) is 16.5. The Morgan fingerprint density at radius 1 is 0.500 bits per heavy atom. The van der Waals surface area contributed by atoms with Crippen LogP contribution in [0.5, 0.6) is 0 Å². The summed E-state index contributed by atoms with van der Waals surface area (Å²) < 4.78 is 0. The van der Waals surface area contributed by atoms with Gasteiger partial charge in [-0.25, -0.2) is 0 Å². The minimum Gasteiger partial charge on any atom is -0.176 e. The zero-order valence-corrected chi connectivity index (χ0v) is 33.0. The third-order valence-electron chi connectivity index (χ3n) is 13.3. The molecule has 2 nitrogen and oxygen atoms in total. The zero-order valence-electron chi connectivity index (χ0n) is 33.0. The summed E-state index contributed by atoms with van der Waals surface area (Å²) in [6.07, 6.45) is 1.92. The molecule has 0 aliphatic heterocycles. The number of rotatable bonds is 6. The maximum Gasteiger partial charge on any atom is 0.115 e. The topological polar surface area (TPSA) is 24.7 Å². The first-order valence-corrected chi connectivity index (χ1v) is 20.3. The lowest BCUT2D eigenvalue weighted by Gasteiger charge is -2.46. The fraction of sp³-hybridized carbons (Fsp3) is 0.107. The highest BCUT2D eigenvalue weighted by atomic mass is 15.1. The summed E-state index contributed by atoms with van der Waals surface area (Å²) in [6.45, 7) is 11.2. The van der Waals surface area contributed by atoms with Gasteiger partial charge in [-0.05, 0) is 107 Å². The Kier molecular flexibility index (Phi) is 7.59. The van der Waals surface area contributed by atoms with Gasteiger partial charge in [-0.1, -0.05) is 190 Å². The molecule has 11 rings (SSSR count). The molecular weight excluding hydrogens is 701 g/mol. The summed E-state index contributed by atoms with van der Waals surface area (Å²) in [5, 5.41) is 12.8. The van der Waals surface area contributed by atoms with Crippen LogP contribution in [-0.2, 0) is 10.8 Å². The average Bonchev–Trinajstić information content (AvgIpc) is 3.76. The van der Waals surface area contributed by atoms with E-state index in [0.29, 0.717) is 0 Å². The van der Waals surface area contributed by atoms with E-state index < -0.39 is 5.41 Å². The van der Waals surface area contributed by atoms with Gasteiger partial charge < -0.3 is 0 Å².